The van der Waals surface area contributed by atoms with Crippen molar-refractivity contribution in [3.63, 3.8) is 0 Å². The van der Waals surface area contributed by atoms with Gasteiger partial charge in [0.05, 0.1) is 23.0 Å². The van der Waals surface area contributed by atoms with Crippen molar-refractivity contribution in [2.75, 3.05) is 18.0 Å². The maximum Gasteiger partial charge on any atom is 0.311 e. The number of carboxylic acid groups (broad SMARTS) is 1. The number of hydrogen-bond acceptors (Lipinski definition) is 4. The predicted octanol–water partition coefficient (Wildman–Crippen LogP) is 2.84. The van der Waals surface area contributed by atoms with Gasteiger partial charge in [-0.05, 0) is 37.6 Å². The SMILES string of the molecule is CC1(C(=O)O)CCN(c2cnn(-c3ccc(Cl)cc3)c(=O)c2Cl)C1. The van der Waals surface area contributed by atoms with Crippen LogP contribution < -0.4 is 10.5 Å². The number of halogens is 2. The molecule has 126 valence electrons. The second-order valence-corrected chi connectivity index (χ2v) is 6.89. The van der Waals surface area contributed by atoms with E-state index in [0.29, 0.717) is 29.4 Å². The van der Waals surface area contributed by atoms with Gasteiger partial charge in [-0.25, -0.2) is 0 Å². The first-order valence-electron chi connectivity index (χ1n) is 7.34. The standard InChI is InChI=1S/C16H15Cl2N3O3/c1-16(15(23)24)6-7-20(9-16)12-8-19-21(14(22)13(12)18)11-4-2-10(17)3-5-11/h2-5,8H,6-7,9H2,1H3,(H,23,24). The molecule has 0 saturated carbocycles. The summed E-state index contributed by atoms with van der Waals surface area (Å²) in [7, 11) is 0. The number of benzene rings is 1. The molecule has 0 amide bonds. The Morgan fingerprint density at radius 1 is 1.29 bits per heavy atom. The third-order valence-corrected chi connectivity index (χ3v) is 4.91. The van der Waals surface area contributed by atoms with Crippen molar-refractivity contribution < 1.29 is 9.90 Å². The summed E-state index contributed by atoms with van der Waals surface area (Å²) in [4.78, 5) is 25.7. The van der Waals surface area contributed by atoms with Gasteiger partial charge >= 0.3 is 5.97 Å². The van der Waals surface area contributed by atoms with Crippen LogP contribution in [0.5, 0.6) is 0 Å². The molecule has 1 aliphatic rings. The summed E-state index contributed by atoms with van der Waals surface area (Å²) < 4.78 is 1.19. The van der Waals surface area contributed by atoms with E-state index in [4.69, 9.17) is 23.2 Å². The average molecular weight is 368 g/mol. The highest BCUT2D eigenvalue weighted by Crippen LogP contribution is 2.35. The van der Waals surface area contributed by atoms with E-state index in [-0.39, 0.29) is 11.6 Å². The fraction of sp³-hybridized carbons (Fsp3) is 0.312. The molecule has 1 saturated heterocycles. The minimum absolute atomic E-state index is 0.0228. The molecule has 1 N–H and O–H groups in total. The number of nitrogens with zero attached hydrogens (tertiary/aromatic N) is 3. The molecule has 1 atom stereocenters. The molecule has 6 nitrogen and oxygen atoms in total. The van der Waals surface area contributed by atoms with Gasteiger partial charge in [-0.15, -0.1) is 0 Å². The fourth-order valence-corrected chi connectivity index (χ4v) is 3.13. The molecule has 2 heterocycles. The van der Waals surface area contributed by atoms with Crippen molar-refractivity contribution in [1.29, 1.82) is 0 Å². The Bertz CT molecular complexity index is 851. The lowest BCUT2D eigenvalue weighted by Crippen LogP contribution is -2.33. The highest BCUT2D eigenvalue weighted by atomic mass is 35.5. The highest BCUT2D eigenvalue weighted by Gasteiger charge is 2.41. The Morgan fingerprint density at radius 3 is 2.54 bits per heavy atom. The lowest BCUT2D eigenvalue weighted by Gasteiger charge is -2.22. The van der Waals surface area contributed by atoms with Gasteiger partial charge in [0.1, 0.15) is 5.02 Å². The van der Waals surface area contributed by atoms with E-state index in [1.807, 2.05) is 0 Å². The average Bonchev–Trinajstić information content (AvgIpc) is 2.95. The number of aliphatic carboxylic acids is 1. The number of carboxylic acids is 1. The monoisotopic (exact) mass is 367 g/mol. The van der Waals surface area contributed by atoms with Gasteiger partial charge in [-0.1, -0.05) is 23.2 Å². The third-order valence-electron chi connectivity index (χ3n) is 4.30. The topological polar surface area (TPSA) is 75.4 Å². The zero-order valence-corrected chi connectivity index (χ0v) is 14.4. The number of carbonyl (C=O) groups is 1. The number of hydrogen-bond donors (Lipinski definition) is 1. The van der Waals surface area contributed by atoms with E-state index in [1.54, 1.807) is 36.1 Å². The Labute approximate surface area is 148 Å². The molecule has 8 heteroatoms. The molecule has 1 aliphatic heterocycles. The maximum atomic E-state index is 12.5. The molecule has 0 spiro atoms. The van der Waals surface area contributed by atoms with Crippen LogP contribution in [0.3, 0.4) is 0 Å². The lowest BCUT2D eigenvalue weighted by atomic mass is 9.90. The molecule has 24 heavy (non-hydrogen) atoms. The van der Waals surface area contributed by atoms with Crippen LogP contribution in [-0.4, -0.2) is 33.9 Å². The Hall–Kier alpha value is -2.05. The molecule has 0 radical (unpaired) electrons. The van der Waals surface area contributed by atoms with Crippen LogP contribution in [0.4, 0.5) is 5.69 Å². The second kappa shape index (κ2) is 6.11. The van der Waals surface area contributed by atoms with Crippen molar-refractivity contribution >= 4 is 34.9 Å². The normalized spacial score (nSPS) is 20.4. The Kier molecular flexibility index (Phi) is 4.27. The molecule has 1 fully saturated rings. The van der Waals surface area contributed by atoms with Crippen molar-refractivity contribution in [2.45, 2.75) is 13.3 Å². The van der Waals surface area contributed by atoms with Crippen LogP contribution in [0.2, 0.25) is 10.0 Å². The molecular formula is C16H15Cl2N3O3. The van der Waals surface area contributed by atoms with E-state index in [1.165, 1.54) is 10.9 Å². The van der Waals surface area contributed by atoms with Gasteiger partial charge < -0.3 is 10.0 Å². The quantitative estimate of drug-likeness (QED) is 0.902. The van der Waals surface area contributed by atoms with Gasteiger partial charge in [0.2, 0.25) is 0 Å². The molecule has 2 aromatic rings. The smallest absolute Gasteiger partial charge is 0.311 e. The summed E-state index contributed by atoms with van der Waals surface area (Å²) >= 11 is 12.1. The van der Waals surface area contributed by atoms with Crippen molar-refractivity contribution in [3.8, 4) is 5.69 Å². The van der Waals surface area contributed by atoms with E-state index >= 15 is 0 Å². The van der Waals surface area contributed by atoms with Gasteiger partial charge in [0, 0.05) is 18.1 Å². The first-order chi connectivity index (χ1) is 11.3. The minimum Gasteiger partial charge on any atom is -0.481 e. The van der Waals surface area contributed by atoms with Gasteiger partial charge in [0.15, 0.2) is 0 Å². The lowest BCUT2D eigenvalue weighted by molar-refractivity contribution is -0.146. The van der Waals surface area contributed by atoms with Crippen molar-refractivity contribution in [2.24, 2.45) is 5.41 Å². The summed E-state index contributed by atoms with van der Waals surface area (Å²) in [5.41, 5.74) is -0.305. The zero-order valence-electron chi connectivity index (χ0n) is 12.9. The first-order valence-corrected chi connectivity index (χ1v) is 8.09. The molecule has 0 aliphatic carbocycles. The van der Waals surface area contributed by atoms with Crippen LogP contribution >= 0.6 is 23.2 Å². The highest BCUT2D eigenvalue weighted by molar-refractivity contribution is 6.33. The minimum atomic E-state index is -0.858. The number of anilines is 1. The summed E-state index contributed by atoms with van der Waals surface area (Å²) in [6, 6.07) is 6.66. The second-order valence-electron chi connectivity index (χ2n) is 6.07. The number of aromatic nitrogens is 2. The molecule has 1 aromatic carbocycles. The van der Waals surface area contributed by atoms with Crippen LogP contribution in [0.1, 0.15) is 13.3 Å². The summed E-state index contributed by atoms with van der Waals surface area (Å²) in [5.74, 6) is -0.858. The Balaban J connectivity index is 1.96. The summed E-state index contributed by atoms with van der Waals surface area (Å²) in [6.45, 7) is 2.48. The van der Waals surface area contributed by atoms with Crippen LogP contribution in [0.25, 0.3) is 5.69 Å². The summed E-state index contributed by atoms with van der Waals surface area (Å²) in [6.07, 6.45) is 1.98. The van der Waals surface area contributed by atoms with Gasteiger partial charge in [-0.2, -0.15) is 9.78 Å². The van der Waals surface area contributed by atoms with Gasteiger partial charge in [0.25, 0.3) is 5.56 Å². The third kappa shape index (κ3) is 2.87. The van der Waals surface area contributed by atoms with Crippen LogP contribution in [0.15, 0.2) is 35.3 Å². The Morgan fingerprint density at radius 2 is 1.96 bits per heavy atom. The van der Waals surface area contributed by atoms with Crippen LogP contribution in [-0.2, 0) is 4.79 Å². The molecule has 1 unspecified atom stereocenters. The maximum absolute atomic E-state index is 12.5. The molecule has 0 bridgehead atoms. The molecule has 3 rings (SSSR count). The molecule has 1 aromatic heterocycles. The van der Waals surface area contributed by atoms with E-state index < -0.39 is 16.9 Å². The summed E-state index contributed by atoms with van der Waals surface area (Å²) in [5, 5.41) is 14.1. The van der Waals surface area contributed by atoms with E-state index in [0.717, 1.165) is 0 Å². The van der Waals surface area contributed by atoms with Crippen molar-refractivity contribution in [3.05, 3.63) is 50.9 Å². The van der Waals surface area contributed by atoms with E-state index in [2.05, 4.69) is 5.10 Å². The van der Waals surface area contributed by atoms with Crippen molar-refractivity contribution in [1.82, 2.24) is 9.78 Å². The van der Waals surface area contributed by atoms with Crippen LogP contribution in [0, 0.1) is 5.41 Å². The molecular weight excluding hydrogens is 353 g/mol. The number of rotatable bonds is 3. The first kappa shape index (κ1) is 16.8. The predicted molar refractivity (Wildman–Crippen MR) is 92.4 cm³/mol. The fourth-order valence-electron chi connectivity index (χ4n) is 2.75. The van der Waals surface area contributed by atoms with E-state index in [9.17, 15) is 14.7 Å². The van der Waals surface area contributed by atoms with Gasteiger partial charge in [-0.3, -0.25) is 9.59 Å². The largest absolute Gasteiger partial charge is 0.481 e. The zero-order chi connectivity index (χ0) is 17.5.